The van der Waals surface area contributed by atoms with Crippen LogP contribution in [-0.4, -0.2) is 17.7 Å². The lowest BCUT2D eigenvalue weighted by Crippen LogP contribution is -2.10. The maximum atomic E-state index is 11.9. The molecule has 0 aromatic heterocycles. The van der Waals surface area contributed by atoms with Gasteiger partial charge < -0.3 is 14.8 Å². The molecule has 1 rings (SSSR count). The third-order valence-electron chi connectivity index (χ3n) is 3.64. The number of anilines is 1. The zero-order chi connectivity index (χ0) is 17.9. The molecule has 0 aliphatic carbocycles. The average Bonchev–Trinajstić information content (AvgIpc) is 2.50. The van der Waals surface area contributed by atoms with Gasteiger partial charge in [0.1, 0.15) is 11.9 Å². The molecule has 132 valence electrons. The molecule has 0 heterocycles. The summed E-state index contributed by atoms with van der Waals surface area (Å²) in [6.45, 7) is 4.86. The minimum Gasteiger partial charge on any atom is -0.458 e. The van der Waals surface area contributed by atoms with Crippen LogP contribution in [0.2, 0.25) is 0 Å². The van der Waals surface area contributed by atoms with E-state index in [9.17, 15) is 14.4 Å². The van der Waals surface area contributed by atoms with Crippen molar-refractivity contribution in [2.45, 2.75) is 65.4 Å². The second kappa shape index (κ2) is 10.6. The van der Waals surface area contributed by atoms with Gasteiger partial charge in [0, 0.05) is 25.5 Å². The second-order valence-corrected chi connectivity index (χ2v) is 6.05. The number of hydrogen-bond donors (Lipinski definition) is 1. The fourth-order valence-electron chi connectivity index (χ4n) is 2.39. The standard InChI is InChI=1S/C19H27NO4/c1-14(21)9-6-4-5-7-12-19(23)24-15(2)17-10-8-11-18(13-17)20-16(3)22/h8,10-11,13,15H,4-7,9,12H2,1-3H3,(H,20,22)/t15-/m0/s1. The predicted octanol–water partition coefficient (Wildman–Crippen LogP) is 4.18. The summed E-state index contributed by atoms with van der Waals surface area (Å²) in [5.74, 6) is -0.148. The van der Waals surface area contributed by atoms with Crippen molar-refractivity contribution in [1.82, 2.24) is 0 Å². The molecule has 0 aliphatic rings. The van der Waals surface area contributed by atoms with Crippen molar-refractivity contribution in [3.63, 3.8) is 0 Å². The van der Waals surface area contributed by atoms with Crippen LogP contribution in [0.1, 0.15) is 71.0 Å². The van der Waals surface area contributed by atoms with Gasteiger partial charge in [0.05, 0.1) is 0 Å². The fourth-order valence-corrected chi connectivity index (χ4v) is 2.39. The molecular weight excluding hydrogens is 306 g/mol. The zero-order valence-electron chi connectivity index (χ0n) is 14.8. The van der Waals surface area contributed by atoms with Crippen LogP contribution in [0.5, 0.6) is 0 Å². The van der Waals surface area contributed by atoms with E-state index in [0.717, 1.165) is 31.2 Å². The van der Waals surface area contributed by atoms with Crippen LogP contribution in [0.4, 0.5) is 5.69 Å². The number of ether oxygens (including phenoxy) is 1. The van der Waals surface area contributed by atoms with E-state index in [1.165, 1.54) is 6.92 Å². The van der Waals surface area contributed by atoms with Crippen LogP contribution in [0.15, 0.2) is 24.3 Å². The molecule has 1 amide bonds. The number of rotatable bonds is 10. The van der Waals surface area contributed by atoms with Crippen molar-refractivity contribution in [3.8, 4) is 0 Å². The lowest BCUT2D eigenvalue weighted by atomic mass is 10.1. The van der Waals surface area contributed by atoms with E-state index in [0.29, 0.717) is 18.5 Å². The lowest BCUT2D eigenvalue weighted by Gasteiger charge is -2.15. The van der Waals surface area contributed by atoms with E-state index in [2.05, 4.69) is 5.32 Å². The minimum absolute atomic E-state index is 0.137. The summed E-state index contributed by atoms with van der Waals surface area (Å²) in [6.07, 6.45) is 4.19. The highest BCUT2D eigenvalue weighted by Crippen LogP contribution is 2.21. The van der Waals surface area contributed by atoms with Crippen molar-refractivity contribution in [3.05, 3.63) is 29.8 Å². The highest BCUT2D eigenvalue weighted by atomic mass is 16.5. The van der Waals surface area contributed by atoms with Crippen molar-refractivity contribution < 1.29 is 19.1 Å². The van der Waals surface area contributed by atoms with E-state index in [1.54, 1.807) is 19.1 Å². The molecule has 0 unspecified atom stereocenters. The lowest BCUT2D eigenvalue weighted by molar-refractivity contribution is -0.148. The monoisotopic (exact) mass is 333 g/mol. The summed E-state index contributed by atoms with van der Waals surface area (Å²) in [6, 6.07) is 7.28. The molecule has 0 saturated heterocycles. The molecule has 0 bridgehead atoms. The maximum Gasteiger partial charge on any atom is 0.306 e. The molecule has 0 fully saturated rings. The van der Waals surface area contributed by atoms with Crippen molar-refractivity contribution in [1.29, 1.82) is 0 Å². The van der Waals surface area contributed by atoms with Crippen LogP contribution in [-0.2, 0) is 19.1 Å². The summed E-state index contributed by atoms with van der Waals surface area (Å²) < 4.78 is 5.44. The summed E-state index contributed by atoms with van der Waals surface area (Å²) in [5.41, 5.74) is 1.53. The van der Waals surface area contributed by atoms with Crippen molar-refractivity contribution in [2.75, 3.05) is 5.32 Å². The molecule has 5 heteroatoms. The molecule has 1 aromatic carbocycles. The zero-order valence-corrected chi connectivity index (χ0v) is 14.8. The quantitative estimate of drug-likeness (QED) is 0.515. The van der Waals surface area contributed by atoms with Gasteiger partial charge in [-0.15, -0.1) is 0 Å². The summed E-state index contributed by atoms with van der Waals surface area (Å²) >= 11 is 0. The van der Waals surface area contributed by atoms with Crippen molar-refractivity contribution >= 4 is 23.3 Å². The number of hydrogen-bond acceptors (Lipinski definition) is 4. The SMILES string of the molecule is CC(=O)CCCCCCC(=O)O[C@@H](C)c1cccc(NC(C)=O)c1. The highest BCUT2D eigenvalue weighted by Gasteiger charge is 2.12. The van der Waals surface area contributed by atoms with Crippen LogP contribution in [0.3, 0.4) is 0 Å². The van der Waals surface area contributed by atoms with E-state index < -0.39 is 0 Å². The van der Waals surface area contributed by atoms with E-state index in [1.807, 2.05) is 19.1 Å². The van der Waals surface area contributed by atoms with Crippen molar-refractivity contribution in [2.24, 2.45) is 0 Å². The summed E-state index contributed by atoms with van der Waals surface area (Å²) in [7, 11) is 0. The molecule has 0 aliphatic heterocycles. The first kappa shape index (κ1) is 19.9. The molecule has 0 saturated carbocycles. The maximum absolute atomic E-state index is 11.9. The number of nitrogens with one attached hydrogen (secondary N) is 1. The van der Waals surface area contributed by atoms with Crippen LogP contribution < -0.4 is 5.32 Å². The Balaban J connectivity index is 2.33. The normalized spacial score (nSPS) is 11.6. The van der Waals surface area contributed by atoms with E-state index in [-0.39, 0.29) is 23.8 Å². The average molecular weight is 333 g/mol. The first-order valence-corrected chi connectivity index (χ1v) is 8.45. The molecular formula is C19H27NO4. The Morgan fingerprint density at radius 3 is 2.33 bits per heavy atom. The first-order valence-electron chi connectivity index (χ1n) is 8.45. The number of Topliss-reactive ketones (excluding diaryl/α,β-unsaturated/α-hetero) is 1. The Kier molecular flexibility index (Phi) is 8.76. The first-order chi connectivity index (χ1) is 11.4. The molecule has 5 nitrogen and oxygen atoms in total. The number of ketones is 1. The number of amides is 1. The Hall–Kier alpha value is -2.17. The van der Waals surface area contributed by atoms with Crippen LogP contribution in [0.25, 0.3) is 0 Å². The molecule has 1 aromatic rings. The van der Waals surface area contributed by atoms with Gasteiger partial charge in [-0.05, 0) is 44.4 Å². The fraction of sp³-hybridized carbons (Fsp3) is 0.526. The van der Waals surface area contributed by atoms with Gasteiger partial charge in [-0.2, -0.15) is 0 Å². The van der Waals surface area contributed by atoms with Gasteiger partial charge in [0.2, 0.25) is 5.91 Å². The van der Waals surface area contributed by atoms with Gasteiger partial charge in [-0.3, -0.25) is 9.59 Å². The number of benzene rings is 1. The molecule has 0 spiro atoms. The van der Waals surface area contributed by atoms with Gasteiger partial charge in [0.15, 0.2) is 0 Å². The molecule has 0 radical (unpaired) electrons. The van der Waals surface area contributed by atoms with Crippen LogP contribution >= 0.6 is 0 Å². The number of carbonyl (C=O) groups is 3. The summed E-state index contributed by atoms with van der Waals surface area (Å²) in [4.78, 5) is 33.8. The Bertz CT molecular complexity index is 568. The van der Waals surface area contributed by atoms with Gasteiger partial charge >= 0.3 is 5.97 Å². The predicted molar refractivity (Wildman–Crippen MR) is 93.6 cm³/mol. The Morgan fingerprint density at radius 2 is 1.71 bits per heavy atom. The smallest absolute Gasteiger partial charge is 0.306 e. The van der Waals surface area contributed by atoms with Gasteiger partial charge in [-0.25, -0.2) is 0 Å². The second-order valence-electron chi connectivity index (χ2n) is 6.05. The number of carbonyl (C=O) groups excluding carboxylic acids is 3. The van der Waals surface area contributed by atoms with Gasteiger partial charge in [-0.1, -0.05) is 25.0 Å². The number of unbranched alkanes of at least 4 members (excludes halogenated alkanes) is 3. The Morgan fingerprint density at radius 1 is 1.04 bits per heavy atom. The molecule has 24 heavy (non-hydrogen) atoms. The minimum atomic E-state index is -0.357. The van der Waals surface area contributed by atoms with E-state index in [4.69, 9.17) is 4.74 Å². The molecule has 1 atom stereocenters. The molecule has 1 N–H and O–H groups in total. The Labute approximate surface area is 143 Å². The summed E-state index contributed by atoms with van der Waals surface area (Å²) in [5, 5.41) is 2.71. The van der Waals surface area contributed by atoms with Gasteiger partial charge in [0.25, 0.3) is 0 Å². The third kappa shape index (κ3) is 8.46. The topological polar surface area (TPSA) is 72.5 Å². The third-order valence-corrected chi connectivity index (χ3v) is 3.64. The van der Waals surface area contributed by atoms with Crippen LogP contribution in [0, 0.1) is 0 Å². The van der Waals surface area contributed by atoms with E-state index >= 15 is 0 Å². The number of esters is 1. The largest absolute Gasteiger partial charge is 0.458 e. The highest BCUT2D eigenvalue weighted by molar-refractivity contribution is 5.88.